The number of benzene rings is 1. The van der Waals surface area contributed by atoms with Gasteiger partial charge in [0.05, 0.1) is 23.8 Å². The number of aliphatic hydroxyl groups excluding tert-OH is 2. The highest BCUT2D eigenvalue weighted by atomic mass is 19.1. The molecule has 0 heterocycles. The highest BCUT2D eigenvalue weighted by Crippen LogP contribution is 2.57. The van der Waals surface area contributed by atoms with E-state index in [1.807, 2.05) is 20.8 Å². The zero-order valence-corrected chi connectivity index (χ0v) is 24.3. The SMILES string of the molecule is CC[C@H]1c2c(F)cc(NC(=O)CNC(C)(C)C)c(O)c2C(O)=C2C(=O)[C@]3(O)C(O)=C(C(N)=O)C(=O)[C@@H](N(C)C)[C@@H]3C[C@@H]21. The quantitative estimate of drug-likeness (QED) is 0.188. The van der Waals surface area contributed by atoms with Crippen molar-refractivity contribution in [2.24, 2.45) is 17.6 Å². The molecule has 0 aromatic heterocycles. The molecule has 1 saturated carbocycles. The van der Waals surface area contributed by atoms with Gasteiger partial charge in [0, 0.05) is 28.7 Å². The molecule has 0 saturated heterocycles. The zero-order chi connectivity index (χ0) is 31.6. The first-order valence-corrected chi connectivity index (χ1v) is 13.6. The Balaban J connectivity index is 1.91. The second-order valence-electron chi connectivity index (χ2n) is 12.4. The maximum absolute atomic E-state index is 15.8. The van der Waals surface area contributed by atoms with Crippen LogP contribution in [-0.2, 0) is 19.2 Å². The standard InChI is InChI=1S/C29H37FN4O8/c1-7-11-12-8-13-21(34(5)6)24(38)20(27(31)41)26(40)29(13,42)25(39)18(12)23(37)19-17(11)14(30)9-15(22(19)36)33-16(35)10-32-28(2,3)4/h9,11-13,21,32,36-37,40,42H,7-8,10H2,1-6H3,(H2,31,41)(H,33,35)/t11-,12-,13+,21+,29+/m1/s1. The fraction of sp³-hybridized carbons (Fsp3) is 0.517. The second kappa shape index (κ2) is 10.5. The van der Waals surface area contributed by atoms with Crippen molar-refractivity contribution in [2.75, 3.05) is 26.0 Å². The van der Waals surface area contributed by atoms with Crippen LogP contribution in [0, 0.1) is 17.7 Å². The van der Waals surface area contributed by atoms with Crippen molar-refractivity contribution < 1.29 is 44.0 Å². The van der Waals surface area contributed by atoms with Gasteiger partial charge in [0.1, 0.15) is 22.9 Å². The minimum Gasteiger partial charge on any atom is -0.508 e. The number of nitrogens with two attached hydrogens (primary N) is 1. The Bertz CT molecular complexity index is 1460. The number of amides is 2. The van der Waals surface area contributed by atoms with E-state index in [0.717, 1.165) is 6.07 Å². The Kier molecular flexibility index (Phi) is 7.76. The largest absolute Gasteiger partial charge is 0.508 e. The number of Topliss-reactive ketones (excluding diaryl/α,β-unsaturated/α-hetero) is 2. The van der Waals surface area contributed by atoms with Gasteiger partial charge in [-0.3, -0.25) is 24.1 Å². The lowest BCUT2D eigenvalue weighted by Crippen LogP contribution is -2.66. The van der Waals surface area contributed by atoms with Crippen LogP contribution in [0.1, 0.15) is 57.6 Å². The molecule has 0 radical (unpaired) electrons. The van der Waals surface area contributed by atoms with E-state index in [1.54, 1.807) is 6.92 Å². The van der Waals surface area contributed by atoms with E-state index in [9.17, 15) is 39.6 Å². The average molecular weight is 589 g/mol. The Morgan fingerprint density at radius 1 is 1.19 bits per heavy atom. The van der Waals surface area contributed by atoms with Gasteiger partial charge >= 0.3 is 0 Å². The van der Waals surface area contributed by atoms with Gasteiger partial charge in [-0.25, -0.2) is 4.39 Å². The van der Waals surface area contributed by atoms with Crippen LogP contribution in [0.2, 0.25) is 0 Å². The van der Waals surface area contributed by atoms with Crippen LogP contribution in [0.3, 0.4) is 0 Å². The molecule has 0 spiro atoms. The van der Waals surface area contributed by atoms with Crippen molar-refractivity contribution in [1.29, 1.82) is 0 Å². The molecule has 42 heavy (non-hydrogen) atoms. The number of anilines is 1. The summed E-state index contributed by atoms with van der Waals surface area (Å²) in [7, 11) is 2.99. The van der Waals surface area contributed by atoms with Crippen molar-refractivity contribution in [3.63, 3.8) is 0 Å². The number of likely N-dealkylation sites (N-methyl/N-ethyl adjacent to an activating group) is 1. The number of hydrogen-bond donors (Lipinski definition) is 7. The summed E-state index contributed by atoms with van der Waals surface area (Å²) in [6, 6.07) is -0.316. The van der Waals surface area contributed by atoms with E-state index in [-0.39, 0.29) is 30.6 Å². The van der Waals surface area contributed by atoms with Crippen molar-refractivity contribution in [3.05, 3.63) is 39.9 Å². The average Bonchev–Trinajstić information content (AvgIpc) is 2.87. The summed E-state index contributed by atoms with van der Waals surface area (Å²) in [6.45, 7) is 7.06. The second-order valence-corrected chi connectivity index (χ2v) is 12.4. The van der Waals surface area contributed by atoms with Gasteiger partial charge in [-0.2, -0.15) is 0 Å². The summed E-state index contributed by atoms with van der Waals surface area (Å²) < 4.78 is 15.8. The predicted molar refractivity (Wildman–Crippen MR) is 150 cm³/mol. The third-order valence-electron chi connectivity index (χ3n) is 8.43. The number of rotatable bonds is 6. The van der Waals surface area contributed by atoms with Crippen LogP contribution in [0.15, 0.2) is 23.0 Å². The molecule has 2 amide bonds. The number of carbonyl (C=O) groups excluding carboxylic acids is 4. The molecule has 4 rings (SSSR count). The summed E-state index contributed by atoms with van der Waals surface area (Å²) in [5, 5.41) is 50.7. The third-order valence-corrected chi connectivity index (χ3v) is 8.43. The van der Waals surface area contributed by atoms with E-state index in [2.05, 4.69) is 10.6 Å². The van der Waals surface area contributed by atoms with Gasteiger partial charge in [-0.1, -0.05) is 6.92 Å². The molecule has 228 valence electrons. The summed E-state index contributed by atoms with van der Waals surface area (Å²) in [4.78, 5) is 53.4. The summed E-state index contributed by atoms with van der Waals surface area (Å²) >= 11 is 0. The lowest BCUT2D eigenvalue weighted by atomic mass is 9.55. The predicted octanol–water partition coefficient (Wildman–Crippen LogP) is 1.38. The number of carbonyl (C=O) groups is 4. The molecule has 0 bridgehead atoms. The molecule has 3 aliphatic rings. The van der Waals surface area contributed by atoms with Gasteiger partial charge < -0.3 is 36.8 Å². The highest BCUT2D eigenvalue weighted by Gasteiger charge is 2.65. The van der Waals surface area contributed by atoms with Crippen molar-refractivity contribution in [1.82, 2.24) is 10.2 Å². The molecule has 5 atom stereocenters. The number of hydrogen-bond acceptors (Lipinski definition) is 10. The lowest BCUT2D eigenvalue weighted by Gasteiger charge is -2.51. The van der Waals surface area contributed by atoms with Gasteiger partial charge in [0.15, 0.2) is 17.1 Å². The molecule has 3 aliphatic carbocycles. The van der Waals surface area contributed by atoms with Crippen LogP contribution in [0.5, 0.6) is 5.75 Å². The van der Waals surface area contributed by atoms with Gasteiger partial charge in [0.25, 0.3) is 5.91 Å². The number of primary amides is 1. The van der Waals surface area contributed by atoms with Crippen LogP contribution < -0.4 is 16.4 Å². The molecule has 1 fully saturated rings. The van der Waals surface area contributed by atoms with Gasteiger partial charge in [0.2, 0.25) is 11.7 Å². The third kappa shape index (κ3) is 4.65. The van der Waals surface area contributed by atoms with E-state index in [0.29, 0.717) is 0 Å². The first kappa shape index (κ1) is 31.1. The molecule has 12 nitrogen and oxygen atoms in total. The smallest absolute Gasteiger partial charge is 0.255 e. The number of ketones is 2. The maximum atomic E-state index is 15.8. The summed E-state index contributed by atoms with van der Waals surface area (Å²) in [6.07, 6.45) is 0.0564. The summed E-state index contributed by atoms with van der Waals surface area (Å²) in [5.41, 5.74) is -0.0737. The molecule has 13 heteroatoms. The van der Waals surface area contributed by atoms with E-state index >= 15 is 4.39 Å². The minimum atomic E-state index is -2.82. The van der Waals surface area contributed by atoms with Crippen LogP contribution >= 0.6 is 0 Å². The number of fused-ring (bicyclic) bond motifs is 3. The van der Waals surface area contributed by atoms with Gasteiger partial charge in [-0.15, -0.1) is 0 Å². The molecule has 8 N–H and O–H groups in total. The molecule has 1 aromatic rings. The topological polar surface area (TPSA) is 203 Å². The Labute approximate surface area is 242 Å². The van der Waals surface area contributed by atoms with Crippen LogP contribution in [0.4, 0.5) is 10.1 Å². The van der Waals surface area contributed by atoms with E-state index < -0.39 is 98.1 Å². The molecular formula is C29H37FN4O8. The fourth-order valence-electron chi connectivity index (χ4n) is 6.58. The fourth-order valence-corrected chi connectivity index (χ4v) is 6.58. The number of halogens is 1. The normalized spacial score (nSPS) is 27.5. The van der Waals surface area contributed by atoms with Crippen LogP contribution in [-0.4, -0.2) is 86.5 Å². The Hall–Kier alpha value is -3.81. The van der Waals surface area contributed by atoms with Crippen molar-refractivity contribution in [3.8, 4) is 5.75 Å². The highest BCUT2D eigenvalue weighted by molar-refractivity contribution is 6.24. The number of phenols is 1. The Morgan fingerprint density at radius 3 is 2.33 bits per heavy atom. The number of phenolic OH excluding ortho intramolecular Hbond substituents is 1. The first-order valence-electron chi connectivity index (χ1n) is 13.6. The van der Waals surface area contributed by atoms with Crippen molar-refractivity contribution >= 4 is 34.8 Å². The summed E-state index contributed by atoms with van der Waals surface area (Å²) in [5.74, 6) is -10.6. The van der Waals surface area contributed by atoms with Gasteiger partial charge in [-0.05, 0) is 59.5 Å². The molecule has 0 aliphatic heterocycles. The number of nitrogens with zero attached hydrogens (tertiary/aromatic N) is 1. The minimum absolute atomic E-state index is 0.0913. The number of aromatic hydroxyl groups is 1. The molecule has 0 unspecified atom stereocenters. The van der Waals surface area contributed by atoms with E-state index in [4.69, 9.17) is 5.73 Å². The maximum Gasteiger partial charge on any atom is 0.255 e. The Morgan fingerprint density at radius 2 is 1.81 bits per heavy atom. The monoisotopic (exact) mass is 588 g/mol. The molecular weight excluding hydrogens is 551 g/mol. The number of nitrogens with one attached hydrogen (secondary N) is 2. The number of aliphatic hydroxyl groups is 3. The lowest BCUT2D eigenvalue weighted by molar-refractivity contribution is -0.154. The zero-order valence-electron chi connectivity index (χ0n) is 24.3. The van der Waals surface area contributed by atoms with E-state index in [1.165, 1.54) is 19.0 Å². The molecule has 1 aromatic carbocycles. The van der Waals surface area contributed by atoms with Crippen LogP contribution in [0.25, 0.3) is 5.76 Å². The first-order chi connectivity index (χ1) is 19.4. The van der Waals surface area contributed by atoms with Crippen molar-refractivity contribution in [2.45, 2.75) is 63.6 Å².